The summed E-state index contributed by atoms with van der Waals surface area (Å²) in [6.07, 6.45) is 0.171. The normalized spacial score (nSPS) is 14.3. The van der Waals surface area contributed by atoms with Crippen molar-refractivity contribution in [2.45, 2.75) is 13.3 Å². The Morgan fingerprint density at radius 2 is 2.20 bits per heavy atom. The van der Waals surface area contributed by atoms with E-state index >= 15 is 0 Å². The highest BCUT2D eigenvalue weighted by molar-refractivity contribution is 5.53. The van der Waals surface area contributed by atoms with Gasteiger partial charge in [-0.05, 0) is 19.0 Å². The lowest BCUT2D eigenvalue weighted by Crippen LogP contribution is -1.92. The van der Waals surface area contributed by atoms with E-state index in [0.29, 0.717) is 5.56 Å². The maximum Gasteiger partial charge on any atom is 0.226 e. The number of hydrogen-bond acceptors (Lipinski definition) is 3. The zero-order valence-electron chi connectivity index (χ0n) is 11.1. The fourth-order valence-electron chi connectivity index (χ4n) is 1.33. The molecule has 1 heterocycles. The van der Waals surface area contributed by atoms with Gasteiger partial charge in [0.25, 0.3) is 0 Å². The average Bonchev–Trinajstić information content (AvgIpc) is 2.75. The predicted octanol–water partition coefficient (Wildman–Crippen LogP) is 2.18. The van der Waals surface area contributed by atoms with Crippen LogP contribution < -0.4 is 0 Å². The van der Waals surface area contributed by atoms with Crippen molar-refractivity contribution in [3.63, 3.8) is 0 Å². The summed E-state index contributed by atoms with van der Waals surface area (Å²) in [5.74, 6) is 0.126. The van der Waals surface area contributed by atoms with Gasteiger partial charge in [0.05, 0.1) is 5.69 Å². The summed E-state index contributed by atoms with van der Waals surface area (Å²) in [6.45, 7) is -2.52. The molecule has 2 aromatic rings. The highest BCUT2D eigenvalue weighted by Crippen LogP contribution is 2.21. The van der Waals surface area contributed by atoms with Crippen LogP contribution in [0.25, 0.3) is 11.5 Å². The van der Waals surface area contributed by atoms with Crippen molar-refractivity contribution in [2.24, 2.45) is 0 Å². The van der Waals surface area contributed by atoms with E-state index in [2.05, 4.69) is 4.98 Å². The molecule has 1 aromatic heterocycles. The molecule has 0 amide bonds. The second kappa shape index (κ2) is 4.28. The summed E-state index contributed by atoms with van der Waals surface area (Å²) in [6, 6.07) is 9.07. The Kier molecular flexibility index (Phi) is 1.94. The van der Waals surface area contributed by atoms with E-state index in [9.17, 15) is 0 Å². The molecule has 0 atom stereocenters. The van der Waals surface area contributed by atoms with Crippen molar-refractivity contribution >= 4 is 0 Å². The van der Waals surface area contributed by atoms with Crippen molar-refractivity contribution in [2.75, 3.05) is 6.61 Å². The number of aryl methyl sites for hydroxylation is 1. The fourth-order valence-corrected chi connectivity index (χ4v) is 1.33. The number of aliphatic hydroxyl groups excluding tert-OH is 1. The molecule has 1 N–H and O–H groups in total. The Morgan fingerprint density at radius 3 is 2.87 bits per heavy atom. The minimum atomic E-state index is -2.36. The van der Waals surface area contributed by atoms with E-state index in [0.717, 1.165) is 0 Å². The first-order valence-electron chi connectivity index (χ1n) is 6.19. The fraction of sp³-hybridized carbons (Fsp3) is 0.250. The molecular formula is C12H13NO2. The minimum Gasteiger partial charge on any atom is -0.441 e. The van der Waals surface area contributed by atoms with Gasteiger partial charge in [0, 0.05) is 22.7 Å². The maximum atomic E-state index is 8.92. The third kappa shape index (κ3) is 2.07. The molecule has 15 heavy (non-hydrogen) atoms. The number of aromatic nitrogens is 1. The van der Waals surface area contributed by atoms with Crippen molar-refractivity contribution in [3.05, 3.63) is 41.8 Å². The van der Waals surface area contributed by atoms with Gasteiger partial charge in [0.2, 0.25) is 5.89 Å². The molecule has 1 aromatic carbocycles. The standard InChI is InChI=1S/C12H13NO2/c1-9-11(7-8-14)13-12(15-9)10-5-3-2-4-6-10/h2-6,14H,7-8H2,1H3/i1D3. The molecule has 0 saturated heterocycles. The lowest BCUT2D eigenvalue weighted by Gasteiger charge is -1.92. The van der Waals surface area contributed by atoms with Gasteiger partial charge in [-0.1, -0.05) is 18.2 Å². The van der Waals surface area contributed by atoms with Crippen molar-refractivity contribution in [1.29, 1.82) is 0 Å². The second-order valence-electron chi connectivity index (χ2n) is 3.13. The number of aliphatic hydroxyl groups is 1. The van der Waals surface area contributed by atoms with E-state index in [1.54, 1.807) is 12.1 Å². The van der Waals surface area contributed by atoms with Crippen LogP contribution in [0.1, 0.15) is 15.6 Å². The Balaban J connectivity index is 2.46. The highest BCUT2D eigenvalue weighted by atomic mass is 16.4. The third-order valence-electron chi connectivity index (χ3n) is 2.07. The van der Waals surface area contributed by atoms with Crippen LogP contribution in [0.15, 0.2) is 34.7 Å². The number of nitrogens with zero attached hydrogens (tertiary/aromatic N) is 1. The van der Waals surface area contributed by atoms with Gasteiger partial charge in [-0.25, -0.2) is 4.98 Å². The van der Waals surface area contributed by atoms with Crippen LogP contribution in [0, 0.1) is 6.85 Å². The van der Waals surface area contributed by atoms with Crippen LogP contribution in [0.3, 0.4) is 0 Å². The van der Waals surface area contributed by atoms with E-state index < -0.39 is 6.85 Å². The van der Waals surface area contributed by atoms with Crippen LogP contribution in [-0.4, -0.2) is 16.7 Å². The molecule has 0 unspecified atom stereocenters. The van der Waals surface area contributed by atoms with E-state index in [-0.39, 0.29) is 30.4 Å². The SMILES string of the molecule is [2H]C([2H])([2H])c1oc(-c2ccccc2)nc1CCO. The van der Waals surface area contributed by atoms with Crippen molar-refractivity contribution in [1.82, 2.24) is 4.98 Å². The highest BCUT2D eigenvalue weighted by Gasteiger charge is 2.09. The predicted molar refractivity (Wildman–Crippen MR) is 57.5 cm³/mol. The zero-order valence-corrected chi connectivity index (χ0v) is 8.10. The Bertz CT molecular complexity index is 520. The van der Waals surface area contributed by atoms with E-state index in [1.807, 2.05) is 18.2 Å². The van der Waals surface area contributed by atoms with Crippen LogP contribution in [0.4, 0.5) is 0 Å². The molecule has 78 valence electrons. The van der Waals surface area contributed by atoms with Crippen LogP contribution in [-0.2, 0) is 6.42 Å². The first-order valence-corrected chi connectivity index (χ1v) is 4.69. The molecule has 0 bridgehead atoms. The van der Waals surface area contributed by atoms with Crippen LogP contribution in [0.2, 0.25) is 0 Å². The number of oxazole rings is 1. The molecule has 0 spiro atoms. The first-order chi connectivity index (χ1) is 8.52. The third-order valence-corrected chi connectivity index (χ3v) is 2.07. The molecule has 0 aliphatic heterocycles. The van der Waals surface area contributed by atoms with Gasteiger partial charge in [-0.2, -0.15) is 0 Å². The Labute approximate surface area is 92.6 Å². The van der Waals surface area contributed by atoms with Gasteiger partial charge in [-0.3, -0.25) is 0 Å². The molecule has 0 radical (unpaired) electrons. The molecular weight excluding hydrogens is 190 g/mol. The van der Waals surface area contributed by atoms with Gasteiger partial charge >= 0.3 is 0 Å². The lowest BCUT2D eigenvalue weighted by atomic mass is 10.2. The minimum absolute atomic E-state index is 0.143. The Morgan fingerprint density at radius 1 is 1.40 bits per heavy atom. The van der Waals surface area contributed by atoms with Gasteiger partial charge in [0.1, 0.15) is 5.76 Å². The largest absolute Gasteiger partial charge is 0.441 e. The first kappa shape index (κ1) is 6.80. The van der Waals surface area contributed by atoms with Crippen molar-refractivity contribution < 1.29 is 13.6 Å². The number of hydrogen-bond donors (Lipinski definition) is 1. The van der Waals surface area contributed by atoms with Crippen LogP contribution in [0.5, 0.6) is 0 Å². The summed E-state index contributed by atoms with van der Waals surface area (Å²) in [4.78, 5) is 4.15. The molecule has 2 rings (SSSR count). The van der Waals surface area contributed by atoms with E-state index in [4.69, 9.17) is 13.6 Å². The maximum absolute atomic E-state index is 8.92. The lowest BCUT2D eigenvalue weighted by molar-refractivity contribution is 0.297. The number of rotatable bonds is 3. The van der Waals surface area contributed by atoms with Gasteiger partial charge in [0.15, 0.2) is 0 Å². The molecule has 3 heteroatoms. The van der Waals surface area contributed by atoms with Crippen LogP contribution >= 0.6 is 0 Å². The Hall–Kier alpha value is -1.61. The molecule has 0 saturated carbocycles. The molecule has 3 nitrogen and oxygen atoms in total. The van der Waals surface area contributed by atoms with Gasteiger partial charge < -0.3 is 9.52 Å². The smallest absolute Gasteiger partial charge is 0.226 e. The summed E-state index contributed by atoms with van der Waals surface area (Å²) in [5.41, 5.74) is 1.00. The number of benzene rings is 1. The molecule has 0 fully saturated rings. The summed E-state index contributed by atoms with van der Waals surface area (Å²) < 4.78 is 27.5. The average molecular weight is 206 g/mol. The zero-order chi connectivity index (χ0) is 13.2. The van der Waals surface area contributed by atoms with Crippen molar-refractivity contribution in [3.8, 4) is 11.5 Å². The quantitative estimate of drug-likeness (QED) is 0.837. The summed E-state index contributed by atoms with van der Waals surface area (Å²) >= 11 is 0. The van der Waals surface area contributed by atoms with Gasteiger partial charge in [-0.15, -0.1) is 0 Å². The molecule has 0 aliphatic rings. The topological polar surface area (TPSA) is 46.3 Å². The summed E-state index contributed by atoms with van der Waals surface area (Å²) in [5, 5.41) is 8.92. The summed E-state index contributed by atoms with van der Waals surface area (Å²) in [7, 11) is 0. The second-order valence-corrected chi connectivity index (χ2v) is 3.13. The molecule has 0 aliphatic carbocycles. The monoisotopic (exact) mass is 206 g/mol. The van der Waals surface area contributed by atoms with E-state index in [1.165, 1.54) is 0 Å².